The fourth-order valence-corrected chi connectivity index (χ4v) is 2.96. The first kappa shape index (κ1) is 16.0. The molecule has 0 heteroatoms. The minimum atomic E-state index is 0.716. The molecule has 0 bridgehead atoms. The molecule has 0 aromatic heterocycles. The molecule has 0 fully saturated rings. The third-order valence-electron chi connectivity index (χ3n) is 3.99. The summed E-state index contributed by atoms with van der Waals surface area (Å²) in [5.74, 6) is 0.716. The molecule has 1 aliphatic carbocycles. The zero-order valence-corrected chi connectivity index (χ0v) is 13.0. The van der Waals surface area contributed by atoms with Gasteiger partial charge in [-0.15, -0.1) is 0 Å². The summed E-state index contributed by atoms with van der Waals surface area (Å²) in [6.45, 7) is 11.0. The molecule has 1 unspecified atom stereocenters. The van der Waals surface area contributed by atoms with Crippen molar-refractivity contribution in [2.75, 3.05) is 0 Å². The topological polar surface area (TPSA) is 0 Å². The minimum Gasteiger partial charge on any atom is -0.0956 e. The number of unbranched alkanes of at least 4 members (excludes halogenated alkanes) is 1. The molecule has 0 saturated carbocycles. The number of rotatable bonds is 7. The van der Waals surface area contributed by atoms with Gasteiger partial charge in [0.15, 0.2) is 0 Å². The van der Waals surface area contributed by atoms with Gasteiger partial charge in [-0.3, -0.25) is 0 Å². The quantitative estimate of drug-likeness (QED) is 0.283. The predicted octanol–water partition coefficient (Wildman–Crippen LogP) is 6.37. The van der Waals surface area contributed by atoms with Crippen LogP contribution in [0.15, 0.2) is 47.6 Å². The molecule has 1 aliphatic rings. The van der Waals surface area contributed by atoms with Crippen LogP contribution in [0.5, 0.6) is 0 Å². The van der Waals surface area contributed by atoms with E-state index in [4.69, 9.17) is 0 Å². The lowest BCUT2D eigenvalue weighted by molar-refractivity contribution is 0.534. The van der Waals surface area contributed by atoms with E-state index in [0.29, 0.717) is 5.92 Å². The van der Waals surface area contributed by atoms with Crippen LogP contribution in [0.25, 0.3) is 0 Å². The van der Waals surface area contributed by atoms with Crippen molar-refractivity contribution in [3.8, 4) is 0 Å². The molecule has 0 spiro atoms. The van der Waals surface area contributed by atoms with Gasteiger partial charge < -0.3 is 0 Å². The van der Waals surface area contributed by atoms with Crippen molar-refractivity contribution >= 4 is 0 Å². The smallest absolute Gasteiger partial charge is 0.0123 e. The third-order valence-corrected chi connectivity index (χ3v) is 3.99. The summed E-state index contributed by atoms with van der Waals surface area (Å²) in [6, 6.07) is 0. The van der Waals surface area contributed by atoms with Crippen molar-refractivity contribution in [3.05, 3.63) is 47.6 Å². The van der Waals surface area contributed by atoms with Crippen LogP contribution in [0.4, 0.5) is 0 Å². The zero-order chi connectivity index (χ0) is 14.1. The Labute approximate surface area is 120 Å². The van der Waals surface area contributed by atoms with Gasteiger partial charge >= 0.3 is 0 Å². The van der Waals surface area contributed by atoms with Crippen LogP contribution in [0.3, 0.4) is 0 Å². The van der Waals surface area contributed by atoms with Crippen molar-refractivity contribution in [1.29, 1.82) is 0 Å². The summed E-state index contributed by atoms with van der Waals surface area (Å²) >= 11 is 0. The Kier molecular flexibility index (Phi) is 7.55. The van der Waals surface area contributed by atoms with Gasteiger partial charge in [0.2, 0.25) is 0 Å². The van der Waals surface area contributed by atoms with Crippen molar-refractivity contribution in [2.45, 2.75) is 65.7 Å². The molecular formula is C19H30. The Morgan fingerprint density at radius 2 is 2.21 bits per heavy atom. The van der Waals surface area contributed by atoms with E-state index >= 15 is 0 Å². The monoisotopic (exact) mass is 258 g/mol. The van der Waals surface area contributed by atoms with Crippen LogP contribution in [-0.2, 0) is 0 Å². The molecule has 0 N–H and O–H groups in total. The Hall–Kier alpha value is -1.04. The van der Waals surface area contributed by atoms with Gasteiger partial charge in [0.25, 0.3) is 0 Å². The largest absolute Gasteiger partial charge is 0.0956 e. The van der Waals surface area contributed by atoms with Gasteiger partial charge in [-0.25, -0.2) is 0 Å². The van der Waals surface area contributed by atoms with E-state index in [0.717, 1.165) is 12.8 Å². The number of allylic oxidation sites excluding steroid dienone is 7. The van der Waals surface area contributed by atoms with Gasteiger partial charge in [-0.1, -0.05) is 49.0 Å². The number of hydrogen-bond acceptors (Lipinski definition) is 0. The van der Waals surface area contributed by atoms with E-state index < -0.39 is 0 Å². The predicted molar refractivity (Wildman–Crippen MR) is 87.3 cm³/mol. The van der Waals surface area contributed by atoms with Crippen molar-refractivity contribution < 1.29 is 0 Å². The summed E-state index contributed by atoms with van der Waals surface area (Å²) in [5.41, 5.74) is 4.44. The van der Waals surface area contributed by atoms with Gasteiger partial charge in [0, 0.05) is 0 Å². The highest BCUT2D eigenvalue weighted by Crippen LogP contribution is 2.34. The Bertz CT molecular complexity index is 365. The van der Waals surface area contributed by atoms with Crippen molar-refractivity contribution in [3.63, 3.8) is 0 Å². The Morgan fingerprint density at radius 1 is 1.42 bits per heavy atom. The maximum atomic E-state index is 4.33. The van der Waals surface area contributed by atoms with Gasteiger partial charge in [-0.2, -0.15) is 0 Å². The van der Waals surface area contributed by atoms with E-state index in [1.54, 1.807) is 5.57 Å². The van der Waals surface area contributed by atoms with Crippen LogP contribution < -0.4 is 0 Å². The first-order chi connectivity index (χ1) is 9.19. The normalized spacial score (nSPS) is 20.7. The molecule has 0 amide bonds. The first-order valence-corrected chi connectivity index (χ1v) is 7.84. The SMILES string of the molecule is C=C(CCC/C=C\CC)/C(=C\C)C1CCC=C(C)C1. The molecular weight excluding hydrogens is 228 g/mol. The molecule has 1 atom stereocenters. The van der Waals surface area contributed by atoms with E-state index in [1.165, 1.54) is 43.3 Å². The van der Waals surface area contributed by atoms with E-state index in [2.05, 4.69) is 51.7 Å². The standard InChI is InChI=1S/C19H30/c1-5-7-8-9-10-13-17(4)19(6-2)18-14-11-12-16(3)15-18/h6-8,12,18H,4-5,9-11,13-15H2,1-3H3/b8-7-,19-6+. The summed E-state index contributed by atoms with van der Waals surface area (Å²) in [6.07, 6.45) is 17.7. The Balaban J connectivity index is 2.44. The fraction of sp³-hybridized carbons (Fsp3) is 0.579. The lowest BCUT2D eigenvalue weighted by atomic mass is 9.80. The second-order valence-corrected chi connectivity index (χ2v) is 5.65. The third kappa shape index (κ3) is 5.63. The van der Waals surface area contributed by atoms with Gasteiger partial charge in [-0.05, 0) is 70.3 Å². The van der Waals surface area contributed by atoms with E-state index in [1.807, 2.05) is 0 Å². The molecule has 106 valence electrons. The molecule has 0 aromatic rings. The first-order valence-electron chi connectivity index (χ1n) is 7.84. The van der Waals surface area contributed by atoms with Crippen LogP contribution in [0, 0.1) is 5.92 Å². The highest BCUT2D eigenvalue weighted by molar-refractivity contribution is 5.32. The van der Waals surface area contributed by atoms with Gasteiger partial charge in [0.05, 0.1) is 0 Å². The van der Waals surface area contributed by atoms with Crippen LogP contribution >= 0.6 is 0 Å². The summed E-state index contributed by atoms with van der Waals surface area (Å²) < 4.78 is 0. The molecule has 0 nitrogen and oxygen atoms in total. The van der Waals surface area contributed by atoms with Crippen LogP contribution in [-0.4, -0.2) is 0 Å². The lowest BCUT2D eigenvalue weighted by Crippen LogP contribution is -2.10. The Morgan fingerprint density at radius 3 is 2.84 bits per heavy atom. The highest BCUT2D eigenvalue weighted by atomic mass is 14.2. The fourth-order valence-electron chi connectivity index (χ4n) is 2.96. The summed E-state index contributed by atoms with van der Waals surface area (Å²) in [4.78, 5) is 0. The van der Waals surface area contributed by atoms with Crippen molar-refractivity contribution in [2.24, 2.45) is 5.92 Å². The van der Waals surface area contributed by atoms with E-state index in [9.17, 15) is 0 Å². The average Bonchev–Trinajstić information content (AvgIpc) is 2.39. The number of hydrogen-bond donors (Lipinski definition) is 0. The molecule has 0 aliphatic heterocycles. The highest BCUT2D eigenvalue weighted by Gasteiger charge is 2.18. The molecule has 0 radical (unpaired) electrons. The van der Waals surface area contributed by atoms with Gasteiger partial charge in [0.1, 0.15) is 0 Å². The van der Waals surface area contributed by atoms with Crippen LogP contribution in [0.2, 0.25) is 0 Å². The molecule has 0 aromatic carbocycles. The van der Waals surface area contributed by atoms with Crippen molar-refractivity contribution in [1.82, 2.24) is 0 Å². The molecule has 19 heavy (non-hydrogen) atoms. The zero-order valence-electron chi connectivity index (χ0n) is 13.0. The molecule has 1 rings (SSSR count). The second-order valence-electron chi connectivity index (χ2n) is 5.65. The summed E-state index contributed by atoms with van der Waals surface area (Å²) in [7, 11) is 0. The maximum absolute atomic E-state index is 4.33. The van der Waals surface area contributed by atoms with E-state index in [-0.39, 0.29) is 0 Å². The lowest BCUT2D eigenvalue weighted by Gasteiger charge is -2.25. The molecule has 0 saturated heterocycles. The van der Waals surface area contributed by atoms with Crippen LogP contribution in [0.1, 0.15) is 65.7 Å². The molecule has 0 heterocycles. The summed E-state index contributed by atoms with van der Waals surface area (Å²) in [5, 5.41) is 0. The maximum Gasteiger partial charge on any atom is -0.0123 e. The minimum absolute atomic E-state index is 0.716. The second kappa shape index (κ2) is 8.96. The average molecular weight is 258 g/mol.